The monoisotopic (exact) mass is 363 g/mol. The number of nitro benzene ring substituents is 1. The first kappa shape index (κ1) is 17.1. The summed E-state index contributed by atoms with van der Waals surface area (Å²) in [5.74, 6) is -0.397. The lowest BCUT2D eigenvalue weighted by atomic mass is 9.99. The lowest BCUT2D eigenvalue weighted by Crippen LogP contribution is -2.10. The van der Waals surface area contributed by atoms with E-state index in [1.54, 1.807) is 24.3 Å². The number of non-ortho nitro benzene ring substituents is 1. The highest BCUT2D eigenvalue weighted by molar-refractivity contribution is 6.15. The number of hydrogen-bond acceptors (Lipinski definition) is 3. The smallest absolute Gasteiger partial charge is 0.270 e. The van der Waals surface area contributed by atoms with Crippen LogP contribution < -0.4 is 0 Å². The molecule has 2 aromatic carbocycles. The third-order valence-corrected chi connectivity index (χ3v) is 5.02. The van der Waals surface area contributed by atoms with Gasteiger partial charge in [0.2, 0.25) is 0 Å². The quantitative estimate of drug-likeness (QED) is 0.498. The van der Waals surface area contributed by atoms with Gasteiger partial charge in [-0.15, -0.1) is 0 Å². The second-order valence-electron chi connectivity index (χ2n) is 6.54. The molecule has 136 valence electrons. The number of hydrogen-bond donors (Lipinski definition) is 0. The van der Waals surface area contributed by atoms with Crippen molar-refractivity contribution >= 4 is 11.4 Å². The normalized spacial score (nSPS) is 12.8. The predicted molar refractivity (Wildman–Crippen MR) is 102 cm³/mol. The number of aliphatic imine (C=N–C) groups is 1. The zero-order valence-electron chi connectivity index (χ0n) is 15.1. The molecule has 0 fully saturated rings. The van der Waals surface area contributed by atoms with Gasteiger partial charge in [0.05, 0.1) is 22.9 Å². The molecule has 5 nitrogen and oxygen atoms in total. The van der Waals surface area contributed by atoms with Gasteiger partial charge in [-0.3, -0.25) is 15.1 Å². The zero-order chi connectivity index (χ0) is 19.1. The second-order valence-corrected chi connectivity index (χ2v) is 6.54. The van der Waals surface area contributed by atoms with Crippen LogP contribution in [0.5, 0.6) is 0 Å². The Bertz CT molecular complexity index is 1100. The molecule has 27 heavy (non-hydrogen) atoms. The fraction of sp³-hybridized carbons (Fsp3) is 0.190. The van der Waals surface area contributed by atoms with E-state index in [4.69, 9.17) is 0 Å². The highest BCUT2D eigenvalue weighted by Gasteiger charge is 2.25. The van der Waals surface area contributed by atoms with Crippen molar-refractivity contribution in [3.8, 4) is 5.69 Å². The summed E-state index contributed by atoms with van der Waals surface area (Å²) in [5.41, 5.74) is 5.37. The van der Waals surface area contributed by atoms with Crippen molar-refractivity contribution in [3.63, 3.8) is 0 Å². The summed E-state index contributed by atoms with van der Waals surface area (Å²) < 4.78 is 16.6. The molecule has 0 saturated heterocycles. The molecule has 0 spiro atoms. The molecule has 4 rings (SSSR count). The van der Waals surface area contributed by atoms with E-state index in [0.717, 1.165) is 23.5 Å². The van der Waals surface area contributed by atoms with Crippen LogP contribution in [0, 0.1) is 22.9 Å². The maximum absolute atomic E-state index is 14.5. The topological polar surface area (TPSA) is 60.4 Å². The number of benzene rings is 2. The molecule has 6 heteroatoms. The summed E-state index contributed by atoms with van der Waals surface area (Å²) in [7, 11) is 0. The van der Waals surface area contributed by atoms with Crippen molar-refractivity contribution in [3.05, 3.63) is 92.5 Å². The van der Waals surface area contributed by atoms with Gasteiger partial charge < -0.3 is 4.57 Å². The molecule has 1 aromatic heterocycles. The Kier molecular flexibility index (Phi) is 4.11. The average Bonchev–Trinajstić information content (AvgIpc) is 2.89. The molecule has 2 heterocycles. The number of nitrogens with zero attached hydrogens (tertiary/aromatic N) is 3. The van der Waals surface area contributed by atoms with Crippen LogP contribution in [0.3, 0.4) is 0 Å². The summed E-state index contributed by atoms with van der Waals surface area (Å²) >= 11 is 0. The predicted octanol–water partition coefficient (Wildman–Crippen LogP) is 4.75. The largest absolute Gasteiger partial charge is 0.315 e. The molecule has 0 N–H and O–H groups in total. The van der Waals surface area contributed by atoms with E-state index in [0.29, 0.717) is 23.4 Å². The van der Waals surface area contributed by atoms with Crippen molar-refractivity contribution in [2.45, 2.75) is 26.8 Å². The van der Waals surface area contributed by atoms with Crippen LogP contribution in [0.4, 0.5) is 10.1 Å². The molecular formula is C21H18FN3O2. The number of fused-ring (bicyclic) bond motifs is 3. The minimum atomic E-state index is -0.439. The highest BCUT2D eigenvalue weighted by Crippen LogP contribution is 2.32. The van der Waals surface area contributed by atoms with E-state index in [2.05, 4.69) is 22.5 Å². The van der Waals surface area contributed by atoms with Crippen LogP contribution >= 0.6 is 0 Å². The molecule has 0 amide bonds. The van der Waals surface area contributed by atoms with E-state index in [1.165, 1.54) is 23.8 Å². The van der Waals surface area contributed by atoms with E-state index >= 15 is 0 Å². The van der Waals surface area contributed by atoms with Crippen LogP contribution in [0.25, 0.3) is 5.69 Å². The summed E-state index contributed by atoms with van der Waals surface area (Å²) in [6.07, 6.45) is 0.887. The zero-order valence-corrected chi connectivity index (χ0v) is 15.1. The third-order valence-electron chi connectivity index (χ3n) is 5.02. The first-order chi connectivity index (χ1) is 13.0. The number of rotatable bonds is 3. The van der Waals surface area contributed by atoms with Gasteiger partial charge in [0.1, 0.15) is 5.82 Å². The number of aryl methyl sites for hydroxylation is 1. The third kappa shape index (κ3) is 2.73. The Balaban J connectivity index is 2.03. The van der Waals surface area contributed by atoms with Gasteiger partial charge in [0.25, 0.3) is 5.69 Å². The molecule has 0 bridgehead atoms. The van der Waals surface area contributed by atoms with Crippen LogP contribution in [-0.2, 0) is 13.0 Å². The van der Waals surface area contributed by atoms with Gasteiger partial charge in [-0.05, 0) is 43.2 Å². The van der Waals surface area contributed by atoms with Gasteiger partial charge in [-0.1, -0.05) is 19.1 Å². The van der Waals surface area contributed by atoms with Crippen LogP contribution in [0.15, 0.2) is 53.5 Å². The first-order valence-corrected chi connectivity index (χ1v) is 8.80. The lowest BCUT2D eigenvalue weighted by Gasteiger charge is -2.14. The molecule has 1 aliphatic rings. The van der Waals surface area contributed by atoms with Crippen molar-refractivity contribution in [1.82, 2.24) is 4.57 Å². The van der Waals surface area contributed by atoms with Gasteiger partial charge in [-0.25, -0.2) is 4.39 Å². The molecular weight excluding hydrogens is 345 g/mol. The molecule has 0 aliphatic carbocycles. The Morgan fingerprint density at radius 1 is 1.19 bits per heavy atom. The van der Waals surface area contributed by atoms with E-state index in [1.807, 2.05) is 6.92 Å². The fourth-order valence-corrected chi connectivity index (χ4v) is 3.69. The van der Waals surface area contributed by atoms with Crippen molar-refractivity contribution in [2.24, 2.45) is 4.99 Å². The highest BCUT2D eigenvalue weighted by atomic mass is 19.1. The van der Waals surface area contributed by atoms with Gasteiger partial charge in [0, 0.05) is 34.6 Å². The number of aromatic nitrogens is 1. The average molecular weight is 363 g/mol. The maximum atomic E-state index is 14.5. The molecule has 3 aromatic rings. The van der Waals surface area contributed by atoms with Crippen LogP contribution in [0.1, 0.15) is 35.0 Å². The Hall–Kier alpha value is -3.28. The minimum absolute atomic E-state index is 0.0400. The number of halogens is 1. The van der Waals surface area contributed by atoms with Gasteiger partial charge in [-0.2, -0.15) is 0 Å². The molecule has 0 atom stereocenters. The number of nitro groups is 1. The Morgan fingerprint density at radius 2 is 1.96 bits per heavy atom. The SMILES string of the molecule is CCc1cc2n(c1C)-c1ccc([N+](=O)[O-])cc1C(c1ccccc1F)=NC2. The molecule has 0 unspecified atom stereocenters. The summed E-state index contributed by atoms with van der Waals surface area (Å²) in [6, 6.07) is 13.2. The Labute approximate surface area is 155 Å². The molecule has 0 saturated carbocycles. The standard InChI is InChI=1S/C21H18FN3O2/c1-3-14-10-16-12-23-21(17-6-4-5-7-19(17)22)18-11-15(25(26)27)8-9-20(18)24(16)13(14)2/h4-11H,3,12H2,1-2H3. The second kappa shape index (κ2) is 6.46. The minimum Gasteiger partial charge on any atom is -0.315 e. The van der Waals surface area contributed by atoms with E-state index < -0.39 is 10.7 Å². The first-order valence-electron chi connectivity index (χ1n) is 8.80. The fourth-order valence-electron chi connectivity index (χ4n) is 3.69. The van der Waals surface area contributed by atoms with Gasteiger partial charge >= 0.3 is 0 Å². The summed E-state index contributed by atoms with van der Waals surface area (Å²) in [5, 5.41) is 11.3. The van der Waals surface area contributed by atoms with Gasteiger partial charge in [0.15, 0.2) is 0 Å². The molecule has 1 aliphatic heterocycles. The van der Waals surface area contributed by atoms with Crippen LogP contribution in [0.2, 0.25) is 0 Å². The lowest BCUT2D eigenvalue weighted by molar-refractivity contribution is -0.384. The summed E-state index contributed by atoms with van der Waals surface area (Å²) in [6.45, 7) is 4.50. The maximum Gasteiger partial charge on any atom is 0.270 e. The Morgan fingerprint density at radius 3 is 2.67 bits per heavy atom. The van der Waals surface area contributed by atoms with E-state index in [-0.39, 0.29) is 5.69 Å². The van der Waals surface area contributed by atoms with E-state index in [9.17, 15) is 14.5 Å². The summed E-state index contributed by atoms with van der Waals surface area (Å²) in [4.78, 5) is 15.6. The molecule has 0 radical (unpaired) electrons. The van der Waals surface area contributed by atoms with Crippen molar-refractivity contribution < 1.29 is 9.31 Å². The van der Waals surface area contributed by atoms with Crippen LogP contribution in [-0.4, -0.2) is 15.2 Å². The van der Waals surface area contributed by atoms with Crippen molar-refractivity contribution in [2.75, 3.05) is 0 Å². The van der Waals surface area contributed by atoms with Crippen molar-refractivity contribution in [1.29, 1.82) is 0 Å².